The van der Waals surface area contributed by atoms with Crippen LogP contribution < -0.4 is 0 Å². The highest BCUT2D eigenvalue weighted by molar-refractivity contribution is 9.11. The second kappa shape index (κ2) is 31.3. The lowest BCUT2D eigenvalue weighted by molar-refractivity contribution is 0.400. The number of fused-ring (bicyclic) bond motifs is 5. The standard InChI is InChI=1S/C66H90Br2N4S3/c1-5-9-13-17-21-23-27-31-37-47(35-29-25-19-15-11-7-3)43-50-45-54(73-65(50)67)57-61-62(70-60-53-42-34-40-49-39-33-41-52(56(49)53)59(60)69-61)58(64-63(57)71-75-72-64)55-46-51(66(68)74-55)44-48(36-30-26-20-16-12-8-4)38-32-28-24-22-18-14-10-6-2/h33-34,39-42,45-48H,5-32,35-38,43-44H2,1-4H3. The van der Waals surface area contributed by atoms with Crippen molar-refractivity contribution < 1.29 is 0 Å². The molecule has 7 aromatic rings. The first-order valence-electron chi connectivity index (χ1n) is 30.5. The first-order chi connectivity index (χ1) is 36.9. The number of aromatic nitrogens is 4. The Labute approximate surface area is 482 Å². The summed E-state index contributed by atoms with van der Waals surface area (Å²) < 4.78 is 12.9. The monoisotopic (exact) mass is 1190 g/mol. The molecule has 0 amide bonds. The Balaban J connectivity index is 1.12. The van der Waals surface area contributed by atoms with Crippen LogP contribution in [0.2, 0.25) is 0 Å². The van der Waals surface area contributed by atoms with E-state index in [1.54, 1.807) is 0 Å². The smallest absolute Gasteiger partial charge is 0.116 e. The first-order valence-corrected chi connectivity index (χ1v) is 34.5. The van der Waals surface area contributed by atoms with Gasteiger partial charge in [-0.2, -0.15) is 8.75 Å². The Hall–Kier alpha value is -2.56. The van der Waals surface area contributed by atoms with Crippen molar-refractivity contribution in [3.8, 4) is 43.4 Å². The minimum absolute atomic E-state index is 0.689. The van der Waals surface area contributed by atoms with Gasteiger partial charge in [0.25, 0.3) is 0 Å². The van der Waals surface area contributed by atoms with Gasteiger partial charge in [0.15, 0.2) is 0 Å². The van der Waals surface area contributed by atoms with E-state index in [0.717, 1.165) is 57.4 Å². The number of rotatable bonds is 38. The Morgan fingerprint density at radius 2 is 0.747 bits per heavy atom. The summed E-state index contributed by atoms with van der Waals surface area (Å²) in [5, 5.41) is 2.50. The molecular formula is C66H90Br2N4S3. The van der Waals surface area contributed by atoms with Crippen molar-refractivity contribution in [3.05, 3.63) is 67.2 Å². The van der Waals surface area contributed by atoms with Gasteiger partial charge >= 0.3 is 0 Å². The molecule has 0 spiro atoms. The number of thiophene rings is 2. The van der Waals surface area contributed by atoms with Gasteiger partial charge in [0.05, 0.1) is 30.7 Å². The molecular weight excluding hydrogens is 1100 g/mol. The lowest BCUT2D eigenvalue weighted by atomic mass is 9.89. The topological polar surface area (TPSA) is 51.6 Å². The van der Waals surface area contributed by atoms with Crippen LogP contribution in [0.5, 0.6) is 0 Å². The molecule has 75 heavy (non-hydrogen) atoms. The highest BCUT2D eigenvalue weighted by Crippen LogP contribution is 2.52. The molecule has 8 rings (SSSR count). The third kappa shape index (κ3) is 15.8. The van der Waals surface area contributed by atoms with Crippen molar-refractivity contribution in [1.29, 1.82) is 0 Å². The van der Waals surface area contributed by atoms with Crippen LogP contribution in [0.3, 0.4) is 0 Å². The molecule has 2 unspecified atom stereocenters. The molecule has 0 bridgehead atoms. The van der Waals surface area contributed by atoms with Gasteiger partial charge in [-0.05, 0) is 85.2 Å². The summed E-state index contributed by atoms with van der Waals surface area (Å²) in [6.07, 6.45) is 45.7. The van der Waals surface area contributed by atoms with Crippen LogP contribution in [0.4, 0.5) is 0 Å². The van der Waals surface area contributed by atoms with Gasteiger partial charge in [-0.3, -0.25) is 0 Å². The number of hydrogen-bond acceptors (Lipinski definition) is 7. The molecule has 0 fully saturated rings. The quantitative estimate of drug-likeness (QED) is 0.0362. The molecule has 1 aliphatic carbocycles. The number of halogens is 2. The highest BCUT2D eigenvalue weighted by atomic mass is 79.9. The molecule has 0 radical (unpaired) electrons. The van der Waals surface area contributed by atoms with E-state index >= 15 is 0 Å². The van der Waals surface area contributed by atoms with Crippen molar-refractivity contribution in [2.45, 2.75) is 246 Å². The van der Waals surface area contributed by atoms with Crippen LogP contribution in [-0.4, -0.2) is 18.7 Å². The maximum absolute atomic E-state index is 5.81. The van der Waals surface area contributed by atoms with Crippen LogP contribution in [0.1, 0.15) is 244 Å². The van der Waals surface area contributed by atoms with Gasteiger partial charge in [0.1, 0.15) is 22.1 Å². The van der Waals surface area contributed by atoms with Crippen molar-refractivity contribution in [1.82, 2.24) is 18.7 Å². The zero-order chi connectivity index (χ0) is 52.2. The van der Waals surface area contributed by atoms with Crippen LogP contribution in [0, 0.1) is 11.8 Å². The summed E-state index contributed by atoms with van der Waals surface area (Å²) in [7, 11) is 0. The molecule has 0 saturated heterocycles. The Kier molecular flexibility index (Phi) is 24.4. The predicted octanol–water partition coefficient (Wildman–Crippen LogP) is 24.3. The van der Waals surface area contributed by atoms with Crippen molar-refractivity contribution in [2.75, 3.05) is 0 Å². The second-order valence-electron chi connectivity index (χ2n) is 22.6. The summed E-state index contributed by atoms with van der Waals surface area (Å²) in [5.74, 6) is 1.38. The zero-order valence-corrected chi connectivity index (χ0v) is 52.2. The summed E-state index contributed by atoms with van der Waals surface area (Å²) in [5.41, 5.74) is 13.1. The Morgan fingerprint density at radius 3 is 1.09 bits per heavy atom. The molecule has 9 heteroatoms. The molecule has 406 valence electrons. The van der Waals surface area contributed by atoms with E-state index in [9.17, 15) is 0 Å². The maximum Gasteiger partial charge on any atom is 0.116 e. The summed E-state index contributed by atoms with van der Waals surface area (Å²) in [6, 6.07) is 18.3. The maximum atomic E-state index is 5.81. The van der Waals surface area contributed by atoms with Crippen LogP contribution in [-0.2, 0) is 12.8 Å². The van der Waals surface area contributed by atoms with Gasteiger partial charge in [-0.25, -0.2) is 9.97 Å². The molecule has 0 saturated carbocycles. The Morgan fingerprint density at radius 1 is 0.413 bits per heavy atom. The SMILES string of the molecule is CCCCCCCCCCC(CCCCCCCC)Cc1cc(-c2c3nsnc3c(-c3cc(CC(CCCCCCCC)CCCCCCCCCC)c(Br)s3)c3nc4c(nc23)-c2cccc3cccc-4c23)sc1Br. The fourth-order valence-electron chi connectivity index (χ4n) is 12.3. The molecule has 2 atom stereocenters. The lowest BCUT2D eigenvalue weighted by Crippen LogP contribution is -2.05. The normalized spacial score (nSPS) is 13.0. The molecule has 4 nitrogen and oxygen atoms in total. The van der Waals surface area contributed by atoms with Gasteiger partial charge in [0.2, 0.25) is 0 Å². The van der Waals surface area contributed by atoms with E-state index < -0.39 is 0 Å². The van der Waals surface area contributed by atoms with Gasteiger partial charge < -0.3 is 0 Å². The molecule has 0 N–H and O–H groups in total. The minimum atomic E-state index is 0.689. The average Bonchev–Trinajstić information content (AvgIpc) is 4.23. The zero-order valence-electron chi connectivity index (χ0n) is 46.6. The van der Waals surface area contributed by atoms with E-state index in [1.165, 1.54) is 268 Å². The molecule has 1 aliphatic rings. The van der Waals surface area contributed by atoms with E-state index in [2.05, 4.69) is 108 Å². The van der Waals surface area contributed by atoms with Crippen LogP contribution in [0.15, 0.2) is 56.1 Å². The first kappa shape index (κ1) is 58.6. The predicted molar refractivity (Wildman–Crippen MR) is 339 cm³/mol. The third-order valence-electron chi connectivity index (χ3n) is 16.6. The number of hydrogen-bond donors (Lipinski definition) is 0. The van der Waals surface area contributed by atoms with Crippen molar-refractivity contribution in [3.63, 3.8) is 0 Å². The van der Waals surface area contributed by atoms with E-state index in [4.69, 9.17) is 18.7 Å². The van der Waals surface area contributed by atoms with Crippen LogP contribution >= 0.6 is 66.3 Å². The fourth-order valence-corrected chi connectivity index (χ4v) is 16.4. The summed E-state index contributed by atoms with van der Waals surface area (Å²) >= 11 is 13.4. The van der Waals surface area contributed by atoms with Crippen molar-refractivity contribution in [2.24, 2.45) is 11.8 Å². The van der Waals surface area contributed by atoms with E-state index in [1.807, 2.05) is 22.7 Å². The lowest BCUT2D eigenvalue weighted by Gasteiger charge is -2.17. The van der Waals surface area contributed by atoms with Crippen molar-refractivity contribution >= 4 is 99.1 Å². The highest BCUT2D eigenvalue weighted by Gasteiger charge is 2.31. The summed E-state index contributed by atoms with van der Waals surface area (Å²) in [4.78, 5) is 14.0. The number of unbranched alkanes of at least 4 members (excludes halogenated alkanes) is 24. The molecule has 4 heterocycles. The number of nitrogens with zero attached hydrogens (tertiary/aromatic N) is 4. The Bertz CT molecular complexity index is 2640. The van der Waals surface area contributed by atoms with E-state index in [0.29, 0.717) is 11.8 Å². The molecule has 3 aromatic carbocycles. The second-order valence-corrected chi connectivity index (χ2v) is 27.9. The van der Waals surface area contributed by atoms with Gasteiger partial charge in [-0.1, -0.05) is 270 Å². The van der Waals surface area contributed by atoms with Gasteiger partial charge in [0, 0.05) is 37.4 Å². The largest absolute Gasteiger partial charge is 0.243 e. The number of benzene rings is 3. The average molecular weight is 1200 g/mol. The minimum Gasteiger partial charge on any atom is -0.243 e. The third-order valence-corrected chi connectivity index (χ3v) is 21.1. The molecule has 4 aromatic heterocycles. The van der Waals surface area contributed by atoms with E-state index in [-0.39, 0.29) is 0 Å². The van der Waals surface area contributed by atoms with Crippen LogP contribution in [0.25, 0.3) is 76.2 Å². The molecule has 0 aliphatic heterocycles. The van der Waals surface area contributed by atoms with Gasteiger partial charge in [-0.15, -0.1) is 22.7 Å². The fraction of sp³-hybridized carbons (Fsp3) is 0.606. The summed E-state index contributed by atoms with van der Waals surface area (Å²) in [6.45, 7) is 9.28.